The SMILES string of the molecule is CCCN1CC2=C(C1=O)C(c1ccc(C3NC(=O)N(C)C(CCl)=C3C(=O)OCC)cc1)NC(=O)N2C. The fourth-order valence-electron chi connectivity index (χ4n) is 4.82. The third kappa shape index (κ3) is 4.30. The average Bonchev–Trinajstić information content (AvgIpc) is 3.19. The number of carbonyl (C=O) groups excluding carboxylic acids is 4. The van der Waals surface area contributed by atoms with E-state index in [1.165, 1.54) is 9.80 Å². The number of halogens is 1. The normalized spacial score (nSPS) is 22.1. The number of benzene rings is 1. The van der Waals surface area contributed by atoms with Crippen molar-refractivity contribution in [3.8, 4) is 0 Å². The Morgan fingerprint density at radius 3 is 2.17 bits per heavy atom. The molecule has 3 aliphatic rings. The number of nitrogens with zero attached hydrogens (tertiary/aromatic N) is 3. The molecule has 1 aromatic carbocycles. The zero-order valence-corrected chi connectivity index (χ0v) is 21.5. The summed E-state index contributed by atoms with van der Waals surface area (Å²) in [4.78, 5) is 55.7. The van der Waals surface area contributed by atoms with Gasteiger partial charge in [0.15, 0.2) is 0 Å². The van der Waals surface area contributed by atoms with Crippen LogP contribution in [0.25, 0.3) is 0 Å². The molecule has 0 bridgehead atoms. The van der Waals surface area contributed by atoms with Gasteiger partial charge in [0.25, 0.3) is 5.91 Å². The number of ether oxygens (including phenoxy) is 1. The van der Waals surface area contributed by atoms with Crippen LogP contribution in [0.1, 0.15) is 43.5 Å². The van der Waals surface area contributed by atoms with Crippen molar-refractivity contribution in [1.29, 1.82) is 0 Å². The van der Waals surface area contributed by atoms with Crippen LogP contribution in [0.2, 0.25) is 0 Å². The third-order valence-electron chi connectivity index (χ3n) is 6.73. The predicted molar refractivity (Wildman–Crippen MR) is 133 cm³/mol. The van der Waals surface area contributed by atoms with Gasteiger partial charge in [-0.3, -0.25) is 14.6 Å². The maximum absolute atomic E-state index is 13.2. The number of hydrogen-bond acceptors (Lipinski definition) is 5. The number of alkyl halides is 1. The molecular weight excluding hydrogens is 486 g/mol. The van der Waals surface area contributed by atoms with E-state index in [0.29, 0.717) is 35.6 Å². The summed E-state index contributed by atoms with van der Waals surface area (Å²) in [5, 5.41) is 5.76. The molecule has 3 aliphatic heterocycles. The Bertz CT molecular complexity index is 1160. The van der Waals surface area contributed by atoms with Crippen molar-refractivity contribution in [2.24, 2.45) is 0 Å². The van der Waals surface area contributed by atoms with E-state index in [9.17, 15) is 19.2 Å². The molecule has 4 rings (SSSR count). The lowest BCUT2D eigenvalue weighted by atomic mass is 9.91. The summed E-state index contributed by atoms with van der Waals surface area (Å²) >= 11 is 6.11. The van der Waals surface area contributed by atoms with Gasteiger partial charge < -0.3 is 20.3 Å². The fraction of sp³-hybridized carbons (Fsp3) is 0.440. The number of carbonyl (C=O) groups is 4. The molecule has 0 saturated heterocycles. The minimum atomic E-state index is -0.759. The Balaban J connectivity index is 1.70. The summed E-state index contributed by atoms with van der Waals surface area (Å²) in [6.45, 7) is 4.90. The second kappa shape index (κ2) is 10.2. The molecule has 0 aromatic heterocycles. The van der Waals surface area contributed by atoms with Crippen molar-refractivity contribution < 1.29 is 23.9 Å². The minimum Gasteiger partial charge on any atom is -0.463 e. The average molecular weight is 516 g/mol. The van der Waals surface area contributed by atoms with Crippen LogP contribution in [0.15, 0.2) is 46.8 Å². The van der Waals surface area contributed by atoms with Crippen molar-refractivity contribution in [2.75, 3.05) is 39.7 Å². The lowest BCUT2D eigenvalue weighted by Gasteiger charge is -2.34. The Morgan fingerprint density at radius 2 is 1.58 bits per heavy atom. The summed E-state index contributed by atoms with van der Waals surface area (Å²) in [6.07, 6.45) is 0.819. The number of hydrogen-bond donors (Lipinski definition) is 2. The summed E-state index contributed by atoms with van der Waals surface area (Å²) in [5.74, 6) is -0.685. The summed E-state index contributed by atoms with van der Waals surface area (Å²) in [5.41, 5.74) is 3.26. The Hall–Kier alpha value is -3.53. The molecule has 5 amide bonds. The third-order valence-corrected chi connectivity index (χ3v) is 6.98. The van der Waals surface area contributed by atoms with E-state index in [-0.39, 0.29) is 30.0 Å². The zero-order valence-electron chi connectivity index (χ0n) is 20.8. The summed E-state index contributed by atoms with van der Waals surface area (Å²) in [7, 11) is 3.20. The zero-order chi connectivity index (χ0) is 26.1. The van der Waals surface area contributed by atoms with Gasteiger partial charge in [0, 0.05) is 26.3 Å². The number of esters is 1. The van der Waals surface area contributed by atoms with E-state index in [0.717, 1.165) is 12.0 Å². The van der Waals surface area contributed by atoms with Gasteiger partial charge in [0.1, 0.15) is 0 Å². The Labute approximate surface area is 214 Å². The van der Waals surface area contributed by atoms with Crippen molar-refractivity contribution >= 4 is 35.5 Å². The number of rotatable bonds is 7. The topological polar surface area (TPSA) is 111 Å². The quantitative estimate of drug-likeness (QED) is 0.428. The lowest BCUT2D eigenvalue weighted by Crippen LogP contribution is -2.47. The molecule has 11 heteroatoms. The highest BCUT2D eigenvalue weighted by Crippen LogP contribution is 2.37. The van der Waals surface area contributed by atoms with E-state index in [1.807, 2.05) is 6.92 Å². The van der Waals surface area contributed by atoms with Crippen LogP contribution < -0.4 is 10.6 Å². The molecule has 0 radical (unpaired) electrons. The first-order chi connectivity index (χ1) is 17.2. The smallest absolute Gasteiger partial charge is 0.338 e. The van der Waals surface area contributed by atoms with Gasteiger partial charge in [-0.1, -0.05) is 31.2 Å². The Morgan fingerprint density at radius 1 is 1.00 bits per heavy atom. The molecular formula is C25H30ClN5O5. The highest BCUT2D eigenvalue weighted by molar-refractivity contribution is 6.20. The number of urea groups is 2. The van der Waals surface area contributed by atoms with E-state index < -0.39 is 24.1 Å². The maximum atomic E-state index is 13.2. The van der Waals surface area contributed by atoms with Gasteiger partial charge in [-0.25, -0.2) is 14.4 Å². The van der Waals surface area contributed by atoms with Gasteiger partial charge in [-0.05, 0) is 24.5 Å². The maximum Gasteiger partial charge on any atom is 0.338 e. The van der Waals surface area contributed by atoms with Gasteiger partial charge in [-0.2, -0.15) is 0 Å². The van der Waals surface area contributed by atoms with Gasteiger partial charge >= 0.3 is 18.0 Å². The lowest BCUT2D eigenvalue weighted by molar-refractivity contribution is -0.139. The molecule has 2 N–H and O–H groups in total. The second-order valence-corrected chi connectivity index (χ2v) is 9.12. The molecule has 36 heavy (non-hydrogen) atoms. The van der Waals surface area contributed by atoms with Crippen LogP contribution in [-0.4, -0.2) is 78.3 Å². The van der Waals surface area contributed by atoms with Crippen molar-refractivity contribution in [2.45, 2.75) is 32.4 Å². The van der Waals surface area contributed by atoms with Gasteiger partial charge in [-0.15, -0.1) is 11.6 Å². The van der Waals surface area contributed by atoms with Crippen molar-refractivity contribution in [1.82, 2.24) is 25.3 Å². The Kier molecular flexibility index (Phi) is 7.26. The molecule has 0 aliphatic carbocycles. The molecule has 2 atom stereocenters. The van der Waals surface area contributed by atoms with E-state index in [4.69, 9.17) is 16.3 Å². The summed E-state index contributed by atoms with van der Waals surface area (Å²) < 4.78 is 5.24. The largest absolute Gasteiger partial charge is 0.463 e. The monoisotopic (exact) mass is 515 g/mol. The van der Waals surface area contributed by atoms with Crippen molar-refractivity contribution in [3.05, 3.63) is 57.9 Å². The van der Waals surface area contributed by atoms with Crippen LogP contribution in [0.5, 0.6) is 0 Å². The summed E-state index contributed by atoms with van der Waals surface area (Å²) in [6, 6.07) is 5.09. The van der Waals surface area contributed by atoms with Crippen LogP contribution in [0.3, 0.4) is 0 Å². The van der Waals surface area contributed by atoms with Crippen LogP contribution in [0, 0.1) is 0 Å². The second-order valence-electron chi connectivity index (χ2n) is 8.85. The first-order valence-electron chi connectivity index (χ1n) is 11.9. The highest BCUT2D eigenvalue weighted by atomic mass is 35.5. The molecule has 1 aromatic rings. The standard InChI is InChI=1S/C25H30ClN5O5/c1-5-11-31-13-17-18(22(31)32)20(27-25(35)30(17)4)14-7-9-15(10-8-14)21-19(23(33)36-6-2)16(12-26)29(3)24(34)28-21/h7-10,20-21H,5-6,11-13H2,1-4H3,(H,27,35)(H,28,34). The molecule has 0 saturated carbocycles. The molecule has 0 spiro atoms. The van der Waals surface area contributed by atoms with Crippen molar-refractivity contribution in [3.63, 3.8) is 0 Å². The molecule has 10 nitrogen and oxygen atoms in total. The van der Waals surface area contributed by atoms with Crippen LogP contribution >= 0.6 is 11.6 Å². The number of allylic oxidation sites excluding steroid dienone is 1. The fourth-order valence-corrected chi connectivity index (χ4v) is 5.15. The van der Waals surface area contributed by atoms with Crippen LogP contribution in [0.4, 0.5) is 9.59 Å². The van der Waals surface area contributed by atoms with E-state index in [2.05, 4.69) is 10.6 Å². The number of nitrogens with one attached hydrogen (secondary N) is 2. The first kappa shape index (κ1) is 25.6. The molecule has 2 unspecified atom stereocenters. The van der Waals surface area contributed by atoms with Gasteiger partial charge in [0.2, 0.25) is 0 Å². The molecule has 192 valence electrons. The first-order valence-corrected chi connectivity index (χ1v) is 12.4. The number of likely N-dealkylation sites (N-methyl/N-ethyl adjacent to an activating group) is 1. The molecule has 3 heterocycles. The molecule has 0 fully saturated rings. The highest BCUT2D eigenvalue weighted by Gasteiger charge is 2.43. The van der Waals surface area contributed by atoms with E-state index in [1.54, 1.807) is 50.2 Å². The van der Waals surface area contributed by atoms with E-state index >= 15 is 0 Å². The van der Waals surface area contributed by atoms with Gasteiger partial charge in [0.05, 0.1) is 48.0 Å². The van der Waals surface area contributed by atoms with Crippen LogP contribution in [-0.2, 0) is 14.3 Å². The predicted octanol–water partition coefficient (Wildman–Crippen LogP) is 2.64. The minimum absolute atomic E-state index is 0.0401. The number of amides is 5.